The van der Waals surface area contributed by atoms with Gasteiger partial charge in [-0.2, -0.15) is 0 Å². The minimum Gasteiger partial charge on any atom is -0.341 e. The predicted molar refractivity (Wildman–Crippen MR) is 85.2 cm³/mol. The molecule has 1 N–H and O–H groups in total. The molecule has 3 saturated heterocycles. The molecule has 21 heavy (non-hydrogen) atoms. The molecule has 4 heteroatoms. The smallest absolute Gasteiger partial charge is 0.236 e. The van der Waals surface area contributed by atoms with Crippen LogP contribution in [0.4, 0.5) is 0 Å². The van der Waals surface area contributed by atoms with Gasteiger partial charge in [-0.05, 0) is 63.5 Å². The third-order valence-corrected chi connectivity index (χ3v) is 5.58. The summed E-state index contributed by atoms with van der Waals surface area (Å²) < 4.78 is 0. The second-order valence-corrected chi connectivity index (χ2v) is 7.43. The summed E-state index contributed by atoms with van der Waals surface area (Å²) in [5.41, 5.74) is 0. The van der Waals surface area contributed by atoms with Crippen LogP contribution >= 0.6 is 0 Å². The fourth-order valence-electron chi connectivity index (χ4n) is 4.38. The van der Waals surface area contributed by atoms with Crippen LogP contribution in [-0.4, -0.2) is 61.0 Å². The Hall–Kier alpha value is -0.610. The summed E-state index contributed by atoms with van der Waals surface area (Å²) in [7, 11) is 0. The minimum atomic E-state index is 0.363. The summed E-state index contributed by atoms with van der Waals surface area (Å²) in [5, 5.41) is 3.65. The SMILES string of the molecule is CC1CCCN(C(=O)CN2CCCC(C3CCCN3)C2)C1. The van der Waals surface area contributed by atoms with E-state index in [0.717, 1.165) is 32.1 Å². The fourth-order valence-corrected chi connectivity index (χ4v) is 4.38. The number of amides is 1. The molecule has 3 heterocycles. The Morgan fingerprint density at radius 3 is 2.71 bits per heavy atom. The Bertz CT molecular complexity index is 354. The van der Waals surface area contributed by atoms with Gasteiger partial charge in [0.25, 0.3) is 0 Å². The minimum absolute atomic E-state index is 0.363. The van der Waals surface area contributed by atoms with Crippen molar-refractivity contribution >= 4 is 5.91 Å². The van der Waals surface area contributed by atoms with Crippen LogP contribution in [0.25, 0.3) is 0 Å². The number of rotatable bonds is 3. The van der Waals surface area contributed by atoms with E-state index < -0.39 is 0 Å². The van der Waals surface area contributed by atoms with E-state index in [4.69, 9.17) is 0 Å². The van der Waals surface area contributed by atoms with E-state index in [0.29, 0.717) is 24.4 Å². The first-order valence-electron chi connectivity index (χ1n) is 8.96. The lowest BCUT2D eigenvalue weighted by atomic mass is 9.90. The van der Waals surface area contributed by atoms with Crippen molar-refractivity contribution in [3.05, 3.63) is 0 Å². The molecule has 0 saturated carbocycles. The number of nitrogens with one attached hydrogen (secondary N) is 1. The van der Waals surface area contributed by atoms with Gasteiger partial charge in [0.05, 0.1) is 6.54 Å². The average molecular weight is 293 g/mol. The van der Waals surface area contributed by atoms with Gasteiger partial charge in [0.1, 0.15) is 0 Å². The third kappa shape index (κ3) is 3.98. The number of piperidine rings is 2. The molecular weight excluding hydrogens is 262 g/mol. The summed E-state index contributed by atoms with van der Waals surface area (Å²) in [6.07, 6.45) is 7.71. The maximum atomic E-state index is 12.5. The monoisotopic (exact) mass is 293 g/mol. The van der Waals surface area contributed by atoms with Gasteiger partial charge in [0.15, 0.2) is 0 Å². The maximum Gasteiger partial charge on any atom is 0.236 e. The molecule has 0 aromatic rings. The van der Waals surface area contributed by atoms with E-state index in [9.17, 15) is 4.79 Å². The van der Waals surface area contributed by atoms with Gasteiger partial charge in [-0.1, -0.05) is 6.92 Å². The van der Waals surface area contributed by atoms with Crippen LogP contribution in [0.15, 0.2) is 0 Å². The molecule has 0 aromatic carbocycles. The molecule has 0 bridgehead atoms. The number of hydrogen-bond acceptors (Lipinski definition) is 3. The van der Waals surface area contributed by atoms with Crippen LogP contribution in [0, 0.1) is 11.8 Å². The first-order chi connectivity index (χ1) is 10.2. The summed E-state index contributed by atoms with van der Waals surface area (Å²) in [5.74, 6) is 1.80. The van der Waals surface area contributed by atoms with Crippen molar-refractivity contribution < 1.29 is 4.79 Å². The van der Waals surface area contributed by atoms with Gasteiger partial charge < -0.3 is 10.2 Å². The Kier molecular flexibility index (Phi) is 5.17. The normalized spacial score (nSPS) is 35.1. The highest BCUT2D eigenvalue weighted by molar-refractivity contribution is 5.78. The van der Waals surface area contributed by atoms with Crippen molar-refractivity contribution in [2.45, 2.75) is 51.5 Å². The Morgan fingerprint density at radius 1 is 1.10 bits per heavy atom. The van der Waals surface area contributed by atoms with Crippen LogP contribution in [0.2, 0.25) is 0 Å². The van der Waals surface area contributed by atoms with Gasteiger partial charge in [-0.25, -0.2) is 0 Å². The lowest BCUT2D eigenvalue weighted by Gasteiger charge is -2.37. The van der Waals surface area contributed by atoms with Gasteiger partial charge in [-0.15, -0.1) is 0 Å². The predicted octanol–water partition coefficient (Wildman–Crippen LogP) is 1.71. The largest absolute Gasteiger partial charge is 0.341 e. The van der Waals surface area contributed by atoms with Crippen LogP contribution in [0.3, 0.4) is 0 Å². The van der Waals surface area contributed by atoms with Crippen molar-refractivity contribution in [2.75, 3.05) is 39.3 Å². The van der Waals surface area contributed by atoms with E-state index in [1.54, 1.807) is 0 Å². The number of nitrogens with zero attached hydrogens (tertiary/aromatic N) is 2. The molecule has 0 radical (unpaired) electrons. The van der Waals surface area contributed by atoms with Crippen molar-refractivity contribution in [3.8, 4) is 0 Å². The molecular formula is C17H31N3O. The molecule has 0 aromatic heterocycles. The average Bonchev–Trinajstić information content (AvgIpc) is 3.02. The van der Waals surface area contributed by atoms with Crippen molar-refractivity contribution in [1.29, 1.82) is 0 Å². The molecule has 4 nitrogen and oxygen atoms in total. The summed E-state index contributed by atoms with van der Waals surface area (Å²) >= 11 is 0. The molecule has 3 atom stereocenters. The van der Waals surface area contributed by atoms with Crippen LogP contribution in [0.5, 0.6) is 0 Å². The molecule has 0 spiro atoms. The standard InChI is InChI=1S/C17H31N3O/c1-14-5-3-10-20(11-14)17(21)13-19-9-4-6-15(12-19)16-7-2-8-18-16/h14-16,18H,2-13H2,1H3. The highest BCUT2D eigenvalue weighted by atomic mass is 16.2. The number of hydrogen-bond donors (Lipinski definition) is 1. The fraction of sp³-hybridized carbons (Fsp3) is 0.941. The van der Waals surface area contributed by atoms with Crippen LogP contribution in [0.1, 0.15) is 45.4 Å². The number of carbonyl (C=O) groups is 1. The van der Waals surface area contributed by atoms with Crippen molar-refractivity contribution in [3.63, 3.8) is 0 Å². The molecule has 1 amide bonds. The highest BCUT2D eigenvalue weighted by Crippen LogP contribution is 2.25. The van der Waals surface area contributed by atoms with Crippen LogP contribution in [-0.2, 0) is 4.79 Å². The van der Waals surface area contributed by atoms with Crippen molar-refractivity contribution in [2.24, 2.45) is 11.8 Å². The summed E-state index contributed by atoms with van der Waals surface area (Å²) in [6, 6.07) is 0.706. The quantitative estimate of drug-likeness (QED) is 0.860. The highest BCUT2D eigenvalue weighted by Gasteiger charge is 2.30. The number of likely N-dealkylation sites (tertiary alicyclic amines) is 2. The van der Waals surface area contributed by atoms with E-state index in [1.807, 2.05) is 0 Å². The van der Waals surface area contributed by atoms with Gasteiger partial charge in [0.2, 0.25) is 5.91 Å². The van der Waals surface area contributed by atoms with E-state index in [1.165, 1.54) is 45.1 Å². The molecule has 3 fully saturated rings. The Morgan fingerprint density at radius 2 is 1.95 bits per heavy atom. The molecule has 3 aliphatic heterocycles. The summed E-state index contributed by atoms with van der Waals surface area (Å²) in [6.45, 7) is 8.28. The zero-order valence-corrected chi connectivity index (χ0v) is 13.5. The third-order valence-electron chi connectivity index (χ3n) is 5.58. The molecule has 3 rings (SSSR count). The first kappa shape index (κ1) is 15.3. The molecule has 3 unspecified atom stereocenters. The van der Waals surface area contributed by atoms with Gasteiger partial charge in [-0.3, -0.25) is 9.69 Å². The zero-order chi connectivity index (χ0) is 14.7. The van der Waals surface area contributed by atoms with E-state index in [2.05, 4.69) is 22.0 Å². The Labute approximate surface area is 129 Å². The maximum absolute atomic E-state index is 12.5. The van der Waals surface area contributed by atoms with E-state index >= 15 is 0 Å². The lowest BCUT2D eigenvalue weighted by Crippen LogP contribution is -2.49. The number of carbonyl (C=O) groups excluding carboxylic acids is 1. The second kappa shape index (κ2) is 7.10. The van der Waals surface area contributed by atoms with E-state index in [-0.39, 0.29) is 0 Å². The Balaban J connectivity index is 1.48. The van der Waals surface area contributed by atoms with Gasteiger partial charge in [0, 0.05) is 25.7 Å². The summed E-state index contributed by atoms with van der Waals surface area (Å²) in [4.78, 5) is 17.0. The molecule has 120 valence electrons. The van der Waals surface area contributed by atoms with Crippen LogP contribution < -0.4 is 5.32 Å². The first-order valence-corrected chi connectivity index (χ1v) is 8.96. The topological polar surface area (TPSA) is 35.6 Å². The van der Waals surface area contributed by atoms with Crippen molar-refractivity contribution in [1.82, 2.24) is 15.1 Å². The molecule has 0 aliphatic carbocycles. The zero-order valence-electron chi connectivity index (χ0n) is 13.5. The van der Waals surface area contributed by atoms with Gasteiger partial charge >= 0.3 is 0 Å². The second-order valence-electron chi connectivity index (χ2n) is 7.43. The molecule has 3 aliphatic rings. The lowest BCUT2D eigenvalue weighted by molar-refractivity contribution is -0.134.